The minimum absolute atomic E-state index is 0.0538. The number of hydrogen-bond acceptors (Lipinski definition) is 3. The van der Waals surface area contributed by atoms with Crippen LogP contribution in [0.4, 0.5) is 4.79 Å². The predicted molar refractivity (Wildman–Crippen MR) is 101 cm³/mol. The van der Waals surface area contributed by atoms with Crippen LogP contribution in [0.5, 0.6) is 0 Å². The van der Waals surface area contributed by atoms with Crippen LogP contribution in [0.25, 0.3) is 0 Å². The molecule has 3 rings (SSSR count). The highest BCUT2D eigenvalue weighted by Gasteiger charge is 2.26. The van der Waals surface area contributed by atoms with Gasteiger partial charge in [-0.2, -0.15) is 0 Å². The van der Waals surface area contributed by atoms with E-state index < -0.39 is 0 Å². The Morgan fingerprint density at radius 2 is 1.96 bits per heavy atom. The van der Waals surface area contributed by atoms with Gasteiger partial charge < -0.3 is 15.1 Å². The zero-order valence-corrected chi connectivity index (χ0v) is 16.0. The number of carbonyl (C=O) groups is 1. The van der Waals surface area contributed by atoms with Gasteiger partial charge in [0.15, 0.2) is 0 Å². The Morgan fingerprint density at radius 1 is 1.24 bits per heavy atom. The molecule has 1 aromatic carbocycles. The third kappa shape index (κ3) is 4.86. The lowest BCUT2D eigenvalue weighted by Crippen LogP contribution is -2.42. The lowest BCUT2D eigenvalue weighted by atomic mass is 10.1. The molecule has 6 heteroatoms. The van der Waals surface area contributed by atoms with Crippen molar-refractivity contribution in [3.63, 3.8) is 0 Å². The van der Waals surface area contributed by atoms with Crippen LogP contribution >= 0.6 is 15.9 Å². The summed E-state index contributed by atoms with van der Waals surface area (Å²) >= 11 is 3.42. The first kappa shape index (κ1) is 18.0. The quantitative estimate of drug-likeness (QED) is 0.755. The number of likely N-dealkylation sites (tertiary alicyclic amines) is 1. The Bertz CT molecular complexity index is 666. The first-order valence-electron chi connectivity index (χ1n) is 8.71. The second-order valence-corrected chi connectivity index (χ2v) is 7.32. The maximum Gasteiger partial charge on any atom is 0.315 e. The number of halogens is 1. The number of nitrogens with zero attached hydrogens (tertiary/aromatic N) is 1. The molecule has 2 aromatic rings. The summed E-state index contributed by atoms with van der Waals surface area (Å²) in [6, 6.07) is 11.7. The molecule has 0 aliphatic carbocycles. The van der Waals surface area contributed by atoms with Gasteiger partial charge in [-0.05, 0) is 62.7 Å². The first-order valence-corrected chi connectivity index (χ1v) is 9.50. The van der Waals surface area contributed by atoms with E-state index in [-0.39, 0.29) is 18.1 Å². The molecule has 1 fully saturated rings. The van der Waals surface area contributed by atoms with E-state index in [4.69, 9.17) is 4.42 Å². The lowest BCUT2D eigenvalue weighted by molar-refractivity contribution is 0.202. The van der Waals surface area contributed by atoms with E-state index in [0.717, 1.165) is 28.9 Å². The van der Waals surface area contributed by atoms with Crippen LogP contribution in [-0.4, -0.2) is 30.6 Å². The highest BCUT2D eigenvalue weighted by Crippen LogP contribution is 2.25. The summed E-state index contributed by atoms with van der Waals surface area (Å²) in [6.07, 6.45) is 4.09. The molecule has 2 heterocycles. The van der Waals surface area contributed by atoms with Crippen molar-refractivity contribution in [3.8, 4) is 0 Å². The first-order chi connectivity index (χ1) is 12.1. The Balaban J connectivity index is 1.55. The molecule has 1 saturated heterocycles. The minimum Gasteiger partial charge on any atom is -0.468 e. The number of amides is 2. The number of hydrogen-bond donors (Lipinski definition) is 2. The van der Waals surface area contributed by atoms with E-state index in [1.54, 1.807) is 6.26 Å². The number of urea groups is 1. The second kappa shape index (κ2) is 8.54. The Morgan fingerprint density at radius 3 is 2.60 bits per heavy atom. The van der Waals surface area contributed by atoms with Gasteiger partial charge in [0, 0.05) is 11.0 Å². The van der Waals surface area contributed by atoms with Crippen LogP contribution in [0.1, 0.15) is 43.2 Å². The number of carbonyl (C=O) groups excluding carboxylic acids is 1. The highest BCUT2D eigenvalue weighted by molar-refractivity contribution is 9.10. The molecule has 2 N–H and O–H groups in total. The van der Waals surface area contributed by atoms with Gasteiger partial charge in [0.25, 0.3) is 0 Å². The summed E-state index contributed by atoms with van der Waals surface area (Å²) in [4.78, 5) is 14.7. The van der Waals surface area contributed by atoms with E-state index >= 15 is 0 Å². The Labute approximate surface area is 156 Å². The minimum atomic E-state index is -0.161. The Kier molecular flexibility index (Phi) is 6.15. The molecular formula is C19H24BrN3O2. The molecule has 5 nitrogen and oxygen atoms in total. The molecule has 1 aromatic heterocycles. The van der Waals surface area contributed by atoms with Crippen molar-refractivity contribution in [3.05, 3.63) is 58.5 Å². The molecule has 0 bridgehead atoms. The molecular weight excluding hydrogens is 382 g/mol. The van der Waals surface area contributed by atoms with Gasteiger partial charge in [-0.3, -0.25) is 4.90 Å². The third-order valence-electron chi connectivity index (χ3n) is 4.63. The maximum absolute atomic E-state index is 12.3. The Hall–Kier alpha value is -1.79. The number of furan rings is 1. The smallest absolute Gasteiger partial charge is 0.315 e. The second-order valence-electron chi connectivity index (χ2n) is 6.40. The summed E-state index contributed by atoms with van der Waals surface area (Å²) in [6.45, 7) is 4.60. The maximum atomic E-state index is 12.3. The van der Waals surface area contributed by atoms with E-state index in [2.05, 4.69) is 31.5 Å². The van der Waals surface area contributed by atoms with Gasteiger partial charge in [0.2, 0.25) is 0 Å². The standard InChI is InChI=1S/C19H24BrN3O2/c1-14(15-6-8-16(20)9-7-15)22-19(24)21-13-17(18-5-4-12-25-18)23-10-2-3-11-23/h4-9,12,14,17H,2-3,10-11,13H2,1H3,(H2,21,22,24). The van der Waals surface area contributed by atoms with Crippen molar-refractivity contribution in [2.45, 2.75) is 31.8 Å². The SMILES string of the molecule is CC(NC(=O)NCC(c1ccco1)N1CCCC1)c1ccc(Br)cc1. The van der Waals surface area contributed by atoms with Crippen LogP contribution in [0.2, 0.25) is 0 Å². The van der Waals surface area contributed by atoms with Crippen molar-refractivity contribution >= 4 is 22.0 Å². The normalized spacial score (nSPS) is 17.2. The van der Waals surface area contributed by atoms with Crippen LogP contribution in [-0.2, 0) is 0 Å². The summed E-state index contributed by atoms with van der Waals surface area (Å²) in [5.41, 5.74) is 1.07. The molecule has 2 unspecified atom stereocenters. The lowest BCUT2D eigenvalue weighted by Gasteiger charge is -2.26. The topological polar surface area (TPSA) is 57.5 Å². The van der Waals surface area contributed by atoms with Gasteiger partial charge in [-0.1, -0.05) is 28.1 Å². The largest absolute Gasteiger partial charge is 0.468 e. The predicted octanol–water partition coefficient (Wildman–Crippen LogP) is 4.24. The third-order valence-corrected chi connectivity index (χ3v) is 5.16. The zero-order valence-electron chi connectivity index (χ0n) is 14.4. The van der Waals surface area contributed by atoms with Crippen molar-refractivity contribution in [2.75, 3.05) is 19.6 Å². The number of rotatable bonds is 6. The van der Waals surface area contributed by atoms with E-state index in [1.807, 2.05) is 43.3 Å². The van der Waals surface area contributed by atoms with Crippen molar-refractivity contribution in [1.29, 1.82) is 0 Å². The zero-order chi connectivity index (χ0) is 17.6. The molecule has 134 valence electrons. The van der Waals surface area contributed by atoms with Gasteiger partial charge >= 0.3 is 6.03 Å². The average Bonchev–Trinajstić information content (AvgIpc) is 3.29. The molecule has 1 aliphatic heterocycles. The summed E-state index contributed by atoms with van der Waals surface area (Å²) in [5, 5.41) is 5.99. The summed E-state index contributed by atoms with van der Waals surface area (Å²) in [5.74, 6) is 0.906. The molecule has 0 spiro atoms. The molecule has 0 radical (unpaired) electrons. The molecule has 2 atom stereocenters. The van der Waals surface area contributed by atoms with Gasteiger partial charge in [-0.15, -0.1) is 0 Å². The fourth-order valence-electron chi connectivity index (χ4n) is 3.22. The molecule has 25 heavy (non-hydrogen) atoms. The average molecular weight is 406 g/mol. The van der Waals surface area contributed by atoms with Gasteiger partial charge in [-0.25, -0.2) is 4.79 Å². The fraction of sp³-hybridized carbons (Fsp3) is 0.421. The van der Waals surface area contributed by atoms with Crippen molar-refractivity contribution < 1.29 is 9.21 Å². The van der Waals surface area contributed by atoms with E-state index in [1.165, 1.54) is 12.8 Å². The van der Waals surface area contributed by atoms with Crippen molar-refractivity contribution in [2.24, 2.45) is 0 Å². The van der Waals surface area contributed by atoms with Crippen LogP contribution in [0, 0.1) is 0 Å². The van der Waals surface area contributed by atoms with E-state index in [9.17, 15) is 4.79 Å². The number of benzene rings is 1. The molecule has 0 saturated carbocycles. The van der Waals surface area contributed by atoms with Gasteiger partial charge in [0.1, 0.15) is 5.76 Å². The van der Waals surface area contributed by atoms with Crippen LogP contribution in [0.3, 0.4) is 0 Å². The van der Waals surface area contributed by atoms with Crippen molar-refractivity contribution in [1.82, 2.24) is 15.5 Å². The summed E-state index contributed by atoms with van der Waals surface area (Å²) in [7, 11) is 0. The van der Waals surface area contributed by atoms with E-state index in [0.29, 0.717) is 6.54 Å². The fourth-order valence-corrected chi connectivity index (χ4v) is 3.48. The summed E-state index contributed by atoms with van der Waals surface area (Å²) < 4.78 is 6.61. The monoisotopic (exact) mass is 405 g/mol. The number of nitrogens with one attached hydrogen (secondary N) is 2. The van der Waals surface area contributed by atoms with Crippen LogP contribution in [0.15, 0.2) is 51.6 Å². The molecule has 1 aliphatic rings. The molecule has 2 amide bonds. The van der Waals surface area contributed by atoms with Crippen LogP contribution < -0.4 is 10.6 Å². The van der Waals surface area contributed by atoms with Gasteiger partial charge in [0.05, 0.1) is 18.3 Å². The highest BCUT2D eigenvalue weighted by atomic mass is 79.9.